The lowest BCUT2D eigenvalue weighted by Gasteiger charge is -2.07. The number of hydrogen-bond donors (Lipinski definition) is 1. The molecule has 4 rings (SSSR count). The maximum Gasteiger partial charge on any atom is 0.255 e. The van der Waals surface area contributed by atoms with Crippen LogP contribution in [0.2, 0.25) is 0 Å². The first-order valence-electron chi connectivity index (χ1n) is 8.04. The number of anilines is 1. The fourth-order valence-corrected chi connectivity index (χ4v) is 2.73. The van der Waals surface area contributed by atoms with E-state index in [0.29, 0.717) is 22.7 Å². The van der Waals surface area contributed by atoms with Crippen molar-refractivity contribution in [3.8, 4) is 11.5 Å². The molecule has 4 nitrogen and oxygen atoms in total. The number of benzene rings is 3. The molecule has 0 saturated carbocycles. The van der Waals surface area contributed by atoms with Crippen molar-refractivity contribution in [2.24, 2.45) is 0 Å². The summed E-state index contributed by atoms with van der Waals surface area (Å²) in [6, 6.07) is 22.7. The van der Waals surface area contributed by atoms with E-state index in [-0.39, 0.29) is 5.91 Å². The molecule has 25 heavy (non-hydrogen) atoms. The molecule has 0 bridgehead atoms. The number of hydrogen-bond acceptors (Lipinski definition) is 3. The Kier molecular flexibility index (Phi) is 3.78. The van der Waals surface area contributed by atoms with E-state index in [1.165, 1.54) is 0 Å². The van der Waals surface area contributed by atoms with Gasteiger partial charge in [0.15, 0.2) is 5.58 Å². The fourth-order valence-electron chi connectivity index (χ4n) is 2.73. The zero-order valence-electron chi connectivity index (χ0n) is 13.7. The Morgan fingerprint density at radius 2 is 1.72 bits per heavy atom. The second-order valence-electron chi connectivity index (χ2n) is 5.84. The number of oxazole rings is 1. The second-order valence-corrected chi connectivity index (χ2v) is 5.84. The third-order valence-electron chi connectivity index (χ3n) is 4.06. The van der Waals surface area contributed by atoms with Gasteiger partial charge >= 0.3 is 0 Å². The van der Waals surface area contributed by atoms with Gasteiger partial charge in [0.25, 0.3) is 5.91 Å². The first-order chi connectivity index (χ1) is 12.2. The summed E-state index contributed by atoms with van der Waals surface area (Å²) >= 11 is 0. The summed E-state index contributed by atoms with van der Waals surface area (Å²) in [5.41, 5.74) is 4.59. The molecular weight excluding hydrogens is 312 g/mol. The molecule has 0 unspecified atom stereocenters. The van der Waals surface area contributed by atoms with Crippen molar-refractivity contribution < 1.29 is 9.21 Å². The minimum atomic E-state index is -0.139. The quantitative estimate of drug-likeness (QED) is 0.572. The second kappa shape index (κ2) is 6.24. The zero-order chi connectivity index (χ0) is 17.2. The molecule has 1 N–H and O–H groups in total. The smallest absolute Gasteiger partial charge is 0.255 e. The molecule has 0 saturated heterocycles. The van der Waals surface area contributed by atoms with Gasteiger partial charge in [-0.05, 0) is 42.8 Å². The van der Waals surface area contributed by atoms with Gasteiger partial charge in [-0.1, -0.05) is 36.4 Å². The molecule has 1 aromatic heterocycles. The van der Waals surface area contributed by atoms with Gasteiger partial charge in [0, 0.05) is 22.9 Å². The van der Waals surface area contributed by atoms with Crippen molar-refractivity contribution in [2.45, 2.75) is 6.92 Å². The highest BCUT2D eigenvalue weighted by Gasteiger charge is 2.11. The minimum absolute atomic E-state index is 0.139. The third-order valence-corrected chi connectivity index (χ3v) is 4.06. The van der Waals surface area contributed by atoms with Crippen LogP contribution in [0.25, 0.3) is 22.6 Å². The number of carbonyl (C=O) groups is 1. The number of rotatable bonds is 3. The first-order valence-corrected chi connectivity index (χ1v) is 8.04. The van der Waals surface area contributed by atoms with Crippen LogP contribution in [0, 0.1) is 6.92 Å². The minimum Gasteiger partial charge on any atom is -0.436 e. The standard InChI is InChI=1S/C21H16N2O2/c1-14-7-5-6-10-17(14)20(24)22-16-11-12-18-19(13-16)25-21(23-18)15-8-3-2-4-9-15/h2-13H,1H3,(H,22,24). The Balaban J connectivity index is 1.63. The first kappa shape index (κ1) is 15.1. The van der Waals surface area contributed by atoms with E-state index >= 15 is 0 Å². The SMILES string of the molecule is Cc1ccccc1C(=O)Nc1ccc2nc(-c3ccccc3)oc2c1. The Morgan fingerprint density at radius 3 is 2.52 bits per heavy atom. The summed E-state index contributed by atoms with van der Waals surface area (Å²) in [7, 11) is 0. The van der Waals surface area contributed by atoms with Crippen LogP contribution in [0.1, 0.15) is 15.9 Å². The number of fused-ring (bicyclic) bond motifs is 1. The van der Waals surface area contributed by atoms with E-state index in [4.69, 9.17) is 4.42 Å². The third kappa shape index (κ3) is 3.02. The molecule has 0 radical (unpaired) electrons. The largest absolute Gasteiger partial charge is 0.436 e. The highest BCUT2D eigenvalue weighted by molar-refractivity contribution is 6.05. The summed E-state index contributed by atoms with van der Waals surface area (Å²) in [6.07, 6.45) is 0. The van der Waals surface area contributed by atoms with Gasteiger partial charge in [-0.2, -0.15) is 0 Å². The maximum absolute atomic E-state index is 12.4. The van der Waals surface area contributed by atoms with E-state index in [9.17, 15) is 4.79 Å². The summed E-state index contributed by atoms with van der Waals surface area (Å²) in [6.45, 7) is 1.92. The molecule has 0 atom stereocenters. The van der Waals surface area contributed by atoms with Crippen molar-refractivity contribution in [2.75, 3.05) is 5.32 Å². The lowest BCUT2D eigenvalue weighted by atomic mass is 10.1. The van der Waals surface area contributed by atoms with Crippen LogP contribution in [-0.2, 0) is 0 Å². The highest BCUT2D eigenvalue weighted by atomic mass is 16.3. The van der Waals surface area contributed by atoms with Crippen LogP contribution in [-0.4, -0.2) is 10.9 Å². The van der Waals surface area contributed by atoms with E-state index in [1.54, 1.807) is 6.07 Å². The van der Waals surface area contributed by atoms with Crippen molar-refractivity contribution in [1.82, 2.24) is 4.98 Å². The molecular formula is C21H16N2O2. The predicted molar refractivity (Wildman–Crippen MR) is 98.6 cm³/mol. The van der Waals surface area contributed by atoms with Gasteiger partial charge in [-0.3, -0.25) is 4.79 Å². The molecule has 0 aliphatic rings. The molecule has 4 heteroatoms. The monoisotopic (exact) mass is 328 g/mol. The molecule has 122 valence electrons. The van der Waals surface area contributed by atoms with Crippen LogP contribution < -0.4 is 5.32 Å². The van der Waals surface area contributed by atoms with E-state index < -0.39 is 0 Å². The summed E-state index contributed by atoms with van der Waals surface area (Å²) in [5, 5.41) is 2.91. The molecule has 0 fully saturated rings. The fraction of sp³-hybridized carbons (Fsp3) is 0.0476. The molecule has 3 aromatic carbocycles. The number of aromatic nitrogens is 1. The highest BCUT2D eigenvalue weighted by Crippen LogP contribution is 2.26. The van der Waals surface area contributed by atoms with Gasteiger partial charge < -0.3 is 9.73 Å². The zero-order valence-corrected chi connectivity index (χ0v) is 13.7. The maximum atomic E-state index is 12.4. The van der Waals surface area contributed by atoms with E-state index in [1.807, 2.05) is 73.7 Å². The predicted octanol–water partition coefficient (Wildman–Crippen LogP) is 5.06. The number of carbonyl (C=O) groups excluding carboxylic acids is 1. The molecule has 0 aliphatic heterocycles. The van der Waals surface area contributed by atoms with Crippen LogP contribution in [0.4, 0.5) is 5.69 Å². The topological polar surface area (TPSA) is 55.1 Å². The van der Waals surface area contributed by atoms with Gasteiger partial charge in [-0.25, -0.2) is 4.98 Å². The molecule has 1 heterocycles. The van der Waals surface area contributed by atoms with E-state index in [0.717, 1.165) is 16.6 Å². The number of aryl methyl sites for hydroxylation is 1. The number of nitrogens with one attached hydrogen (secondary N) is 1. The molecule has 4 aromatic rings. The lowest BCUT2D eigenvalue weighted by Crippen LogP contribution is -2.13. The Labute approximate surface area is 145 Å². The van der Waals surface area contributed by atoms with Crippen LogP contribution in [0.5, 0.6) is 0 Å². The lowest BCUT2D eigenvalue weighted by molar-refractivity contribution is 0.102. The molecule has 1 amide bonds. The van der Waals surface area contributed by atoms with Crippen LogP contribution in [0.3, 0.4) is 0 Å². The van der Waals surface area contributed by atoms with Gasteiger partial charge in [0.2, 0.25) is 5.89 Å². The average Bonchev–Trinajstić information content (AvgIpc) is 3.06. The van der Waals surface area contributed by atoms with Gasteiger partial charge in [0.05, 0.1) is 0 Å². The summed E-state index contributed by atoms with van der Waals surface area (Å²) in [4.78, 5) is 16.9. The van der Waals surface area contributed by atoms with Crippen LogP contribution >= 0.6 is 0 Å². The Bertz CT molecular complexity index is 1050. The van der Waals surface area contributed by atoms with Crippen molar-refractivity contribution >= 4 is 22.7 Å². The Morgan fingerprint density at radius 1 is 0.960 bits per heavy atom. The summed E-state index contributed by atoms with van der Waals surface area (Å²) < 4.78 is 5.84. The van der Waals surface area contributed by atoms with Gasteiger partial charge in [0.1, 0.15) is 5.52 Å². The van der Waals surface area contributed by atoms with Crippen molar-refractivity contribution in [1.29, 1.82) is 0 Å². The summed E-state index contributed by atoms with van der Waals surface area (Å²) in [5.74, 6) is 0.429. The average molecular weight is 328 g/mol. The number of nitrogens with zero attached hydrogens (tertiary/aromatic N) is 1. The van der Waals surface area contributed by atoms with Crippen LogP contribution in [0.15, 0.2) is 77.2 Å². The molecule has 0 spiro atoms. The molecule has 0 aliphatic carbocycles. The van der Waals surface area contributed by atoms with E-state index in [2.05, 4.69) is 10.3 Å². The Hall–Kier alpha value is -3.40. The normalized spacial score (nSPS) is 10.8. The van der Waals surface area contributed by atoms with Crippen molar-refractivity contribution in [3.05, 3.63) is 83.9 Å². The van der Waals surface area contributed by atoms with Crippen molar-refractivity contribution in [3.63, 3.8) is 0 Å². The van der Waals surface area contributed by atoms with Gasteiger partial charge in [-0.15, -0.1) is 0 Å². The number of amides is 1.